The van der Waals surface area contributed by atoms with Crippen molar-refractivity contribution in [3.63, 3.8) is 0 Å². The molecule has 0 unspecified atom stereocenters. The van der Waals surface area contributed by atoms with Crippen LogP contribution >= 0.6 is 0 Å². The van der Waals surface area contributed by atoms with Crippen molar-refractivity contribution in [1.82, 2.24) is 5.32 Å². The van der Waals surface area contributed by atoms with Gasteiger partial charge in [-0.15, -0.1) is 0 Å². The molecule has 210 valence electrons. The van der Waals surface area contributed by atoms with Gasteiger partial charge in [0.25, 0.3) is 15.9 Å². The molecule has 1 aliphatic heterocycles. The van der Waals surface area contributed by atoms with Crippen LogP contribution in [0.4, 0.5) is 11.4 Å². The quantitative estimate of drug-likeness (QED) is 0.300. The second-order valence-corrected chi connectivity index (χ2v) is 11.6. The lowest BCUT2D eigenvalue weighted by molar-refractivity contribution is -0.128. The van der Waals surface area contributed by atoms with E-state index in [0.717, 1.165) is 16.7 Å². The fourth-order valence-corrected chi connectivity index (χ4v) is 5.62. The molecule has 41 heavy (non-hydrogen) atoms. The van der Waals surface area contributed by atoms with Gasteiger partial charge < -0.3 is 15.0 Å². The number of fused-ring (bicyclic) bond motifs is 1. The number of carbonyl (C=O) groups is 2. The summed E-state index contributed by atoms with van der Waals surface area (Å²) in [4.78, 5) is 28.0. The van der Waals surface area contributed by atoms with Crippen LogP contribution in [0.2, 0.25) is 0 Å². The van der Waals surface area contributed by atoms with Gasteiger partial charge in [0, 0.05) is 18.7 Å². The molecule has 0 aromatic heterocycles. The van der Waals surface area contributed by atoms with Crippen molar-refractivity contribution in [2.45, 2.75) is 37.3 Å². The highest BCUT2D eigenvalue weighted by atomic mass is 32.2. The molecule has 9 heteroatoms. The average Bonchev–Trinajstić information content (AvgIpc) is 3.00. The predicted octanol–water partition coefficient (Wildman–Crippen LogP) is 4.84. The van der Waals surface area contributed by atoms with E-state index in [1.165, 1.54) is 12.1 Å². The van der Waals surface area contributed by atoms with Gasteiger partial charge >= 0.3 is 0 Å². The molecule has 1 aliphatic rings. The van der Waals surface area contributed by atoms with Crippen LogP contribution in [0.5, 0.6) is 5.75 Å². The standard InChI is InChI=1S/C32H31N3O5S/c1-23-11-16-26(17-12-23)34-41(38,39)27-18-13-24(14-19-27)15-20-31(36)35-22-30(40-29-10-6-5-9-28(29)35)32(37)33-21-25-7-3-2-4-8-25/h2-14,16-19,30,34H,15,20-22H2,1H3,(H,33,37)/t30-/m1/s1. The van der Waals surface area contributed by atoms with E-state index in [1.54, 1.807) is 47.4 Å². The molecule has 5 rings (SSSR count). The smallest absolute Gasteiger partial charge is 0.263 e. The fraction of sp³-hybridized carbons (Fsp3) is 0.188. The van der Waals surface area contributed by atoms with Crippen LogP contribution in [0.15, 0.2) is 108 Å². The van der Waals surface area contributed by atoms with Crippen molar-refractivity contribution in [2.75, 3.05) is 16.2 Å². The SMILES string of the molecule is Cc1ccc(NS(=O)(=O)c2ccc(CCC(=O)N3C[C@H](C(=O)NCc4ccccc4)Oc4ccccc43)cc2)cc1. The number of sulfonamides is 1. The minimum atomic E-state index is -3.74. The van der Waals surface area contributed by atoms with Crippen molar-refractivity contribution < 1.29 is 22.7 Å². The van der Waals surface area contributed by atoms with E-state index in [0.29, 0.717) is 30.1 Å². The highest BCUT2D eigenvalue weighted by Gasteiger charge is 2.33. The van der Waals surface area contributed by atoms with Crippen LogP contribution in [0, 0.1) is 6.92 Å². The number of aryl methyl sites for hydroxylation is 2. The number of benzene rings is 4. The van der Waals surface area contributed by atoms with Gasteiger partial charge in [0.05, 0.1) is 17.1 Å². The third-order valence-electron chi connectivity index (χ3n) is 6.84. The Bertz CT molecular complexity index is 1620. The van der Waals surface area contributed by atoms with Crippen LogP contribution in [0.1, 0.15) is 23.1 Å². The van der Waals surface area contributed by atoms with E-state index in [-0.39, 0.29) is 29.7 Å². The molecule has 4 aromatic rings. The number of amides is 2. The third kappa shape index (κ3) is 6.93. The molecule has 8 nitrogen and oxygen atoms in total. The van der Waals surface area contributed by atoms with Gasteiger partial charge in [-0.25, -0.2) is 8.42 Å². The topological polar surface area (TPSA) is 105 Å². The van der Waals surface area contributed by atoms with Gasteiger partial charge in [0.2, 0.25) is 5.91 Å². The van der Waals surface area contributed by atoms with Crippen LogP contribution in [-0.4, -0.2) is 32.9 Å². The summed E-state index contributed by atoms with van der Waals surface area (Å²) < 4.78 is 34.1. The fourth-order valence-electron chi connectivity index (χ4n) is 4.56. The summed E-state index contributed by atoms with van der Waals surface area (Å²) in [6.45, 7) is 2.39. The molecule has 0 spiro atoms. The van der Waals surface area contributed by atoms with E-state index in [2.05, 4.69) is 10.0 Å². The van der Waals surface area contributed by atoms with Gasteiger partial charge in [-0.1, -0.05) is 72.3 Å². The molecule has 0 bridgehead atoms. The lowest BCUT2D eigenvalue weighted by atomic mass is 10.1. The van der Waals surface area contributed by atoms with Crippen LogP contribution < -0.4 is 19.7 Å². The normalized spacial score (nSPS) is 14.5. The highest BCUT2D eigenvalue weighted by Crippen LogP contribution is 2.33. The predicted molar refractivity (Wildman–Crippen MR) is 158 cm³/mol. The number of rotatable bonds is 9. The summed E-state index contributed by atoms with van der Waals surface area (Å²) in [6, 6.07) is 30.3. The molecule has 4 aromatic carbocycles. The number of ether oxygens (including phenoxy) is 1. The number of hydrogen-bond acceptors (Lipinski definition) is 5. The third-order valence-corrected chi connectivity index (χ3v) is 8.24. The van der Waals surface area contributed by atoms with E-state index < -0.39 is 16.1 Å². The first-order chi connectivity index (χ1) is 19.8. The average molecular weight is 570 g/mol. The Balaban J connectivity index is 1.21. The molecular formula is C32H31N3O5S. The zero-order valence-electron chi connectivity index (χ0n) is 22.6. The summed E-state index contributed by atoms with van der Waals surface area (Å²) in [7, 11) is -3.74. The maximum absolute atomic E-state index is 13.4. The van der Waals surface area contributed by atoms with Crippen molar-refractivity contribution in [1.29, 1.82) is 0 Å². The molecule has 0 fully saturated rings. The zero-order valence-corrected chi connectivity index (χ0v) is 23.4. The molecular weight excluding hydrogens is 538 g/mol. The number of carbonyl (C=O) groups excluding carboxylic acids is 2. The van der Waals surface area contributed by atoms with Gasteiger partial charge in [0.15, 0.2) is 6.10 Å². The van der Waals surface area contributed by atoms with Crippen LogP contribution in [0.25, 0.3) is 0 Å². The van der Waals surface area contributed by atoms with Gasteiger partial charge in [-0.3, -0.25) is 14.3 Å². The van der Waals surface area contributed by atoms with Gasteiger partial charge in [0.1, 0.15) is 5.75 Å². The van der Waals surface area contributed by atoms with Crippen molar-refractivity contribution >= 4 is 33.2 Å². The molecule has 0 saturated heterocycles. The Labute approximate surface area is 240 Å². The summed E-state index contributed by atoms with van der Waals surface area (Å²) >= 11 is 0. The summed E-state index contributed by atoms with van der Waals surface area (Å²) in [5.41, 5.74) is 3.94. The van der Waals surface area contributed by atoms with Crippen LogP contribution in [-0.2, 0) is 32.6 Å². The van der Waals surface area contributed by atoms with Crippen LogP contribution in [0.3, 0.4) is 0 Å². The Morgan fingerprint density at radius 1 is 0.854 bits per heavy atom. The van der Waals surface area contributed by atoms with Gasteiger partial charge in [-0.05, 0) is 60.9 Å². The molecule has 1 heterocycles. The van der Waals surface area contributed by atoms with Crippen molar-refractivity contribution in [3.05, 3.63) is 120 Å². The first-order valence-corrected chi connectivity index (χ1v) is 14.8. The summed E-state index contributed by atoms with van der Waals surface area (Å²) in [5, 5.41) is 2.90. The number of nitrogens with zero attached hydrogens (tertiary/aromatic N) is 1. The van der Waals surface area contributed by atoms with E-state index >= 15 is 0 Å². The lowest BCUT2D eigenvalue weighted by Crippen LogP contribution is -2.50. The molecule has 0 saturated carbocycles. The first kappa shape index (κ1) is 27.9. The minimum Gasteiger partial charge on any atom is -0.477 e. The van der Waals surface area contributed by atoms with E-state index in [9.17, 15) is 18.0 Å². The van der Waals surface area contributed by atoms with Gasteiger partial charge in [-0.2, -0.15) is 0 Å². The summed E-state index contributed by atoms with van der Waals surface area (Å²) in [6.07, 6.45) is -0.252. The van der Waals surface area contributed by atoms with E-state index in [4.69, 9.17) is 4.74 Å². The Morgan fingerprint density at radius 2 is 1.54 bits per heavy atom. The monoisotopic (exact) mass is 569 g/mol. The van der Waals surface area contributed by atoms with Crippen molar-refractivity contribution in [3.8, 4) is 5.75 Å². The maximum Gasteiger partial charge on any atom is 0.263 e. The first-order valence-electron chi connectivity index (χ1n) is 13.3. The molecule has 0 aliphatic carbocycles. The number of hydrogen-bond donors (Lipinski definition) is 2. The second kappa shape index (κ2) is 12.3. The Hall–Kier alpha value is -4.63. The minimum absolute atomic E-state index is 0.0956. The largest absolute Gasteiger partial charge is 0.477 e. The maximum atomic E-state index is 13.4. The molecule has 2 amide bonds. The van der Waals surface area contributed by atoms with E-state index in [1.807, 2.05) is 55.5 Å². The Kier molecular flexibility index (Phi) is 8.35. The second-order valence-electron chi connectivity index (χ2n) is 9.90. The zero-order chi connectivity index (χ0) is 28.8. The lowest BCUT2D eigenvalue weighted by Gasteiger charge is -2.34. The molecule has 1 atom stereocenters. The number of anilines is 2. The van der Waals surface area contributed by atoms with Crippen molar-refractivity contribution in [2.24, 2.45) is 0 Å². The molecule has 0 radical (unpaired) electrons. The number of para-hydroxylation sites is 2. The Morgan fingerprint density at radius 3 is 2.27 bits per heavy atom. The number of nitrogens with one attached hydrogen (secondary N) is 2. The molecule has 2 N–H and O–H groups in total. The summed E-state index contributed by atoms with van der Waals surface area (Å²) in [5.74, 6) is 0.0270. The highest BCUT2D eigenvalue weighted by molar-refractivity contribution is 7.92.